The highest BCUT2D eigenvalue weighted by Crippen LogP contribution is 2.24. The Bertz CT molecular complexity index is 301. The van der Waals surface area contributed by atoms with E-state index in [0.717, 1.165) is 19.3 Å². The Kier molecular flexibility index (Phi) is 10.6. The zero-order valence-electron chi connectivity index (χ0n) is 13.6. The minimum atomic E-state index is -3.54. The van der Waals surface area contributed by atoms with Gasteiger partial charge in [-0.1, -0.05) is 71.1 Å². The van der Waals surface area contributed by atoms with Crippen molar-refractivity contribution in [3.63, 3.8) is 0 Å². The molecule has 0 unspecified atom stereocenters. The molecule has 0 fully saturated rings. The van der Waals surface area contributed by atoms with Crippen LogP contribution in [0.3, 0.4) is 0 Å². The molecule has 0 saturated carbocycles. The number of aliphatic hydroxyl groups is 4. The van der Waals surface area contributed by atoms with E-state index in [1.165, 1.54) is 38.5 Å². The van der Waals surface area contributed by atoms with Gasteiger partial charge in [-0.05, 0) is 6.42 Å². The fourth-order valence-corrected chi connectivity index (χ4v) is 2.38. The normalized spacial score (nSPS) is 12.6. The second-order valence-electron chi connectivity index (χ2n) is 6.08. The molecule has 0 bridgehead atoms. The monoisotopic (exact) mass is 320 g/mol. The summed E-state index contributed by atoms with van der Waals surface area (Å²) in [5, 5.41) is 45.7. The maximum absolute atomic E-state index is 10.5. The van der Waals surface area contributed by atoms with E-state index >= 15 is 0 Å². The van der Waals surface area contributed by atoms with Gasteiger partial charge in [-0.25, -0.2) is 4.79 Å². The lowest BCUT2D eigenvalue weighted by Crippen LogP contribution is -2.59. The second-order valence-corrected chi connectivity index (χ2v) is 6.08. The van der Waals surface area contributed by atoms with E-state index < -0.39 is 17.5 Å². The smallest absolute Gasteiger partial charge is 0.370 e. The van der Waals surface area contributed by atoms with Crippen molar-refractivity contribution in [2.75, 3.05) is 0 Å². The van der Waals surface area contributed by atoms with Gasteiger partial charge >= 0.3 is 11.8 Å². The number of carboxylic acids is 1. The van der Waals surface area contributed by atoms with Crippen LogP contribution in [0.25, 0.3) is 0 Å². The minimum Gasteiger partial charge on any atom is -0.477 e. The van der Waals surface area contributed by atoms with Gasteiger partial charge in [-0.2, -0.15) is 0 Å². The highest BCUT2D eigenvalue weighted by molar-refractivity contribution is 5.76. The molecule has 5 N–H and O–H groups in total. The molecule has 6 heteroatoms. The highest BCUT2D eigenvalue weighted by Gasteiger charge is 2.53. The van der Waals surface area contributed by atoms with Crippen LogP contribution in [0.4, 0.5) is 0 Å². The van der Waals surface area contributed by atoms with Crippen molar-refractivity contribution in [2.24, 2.45) is 0 Å². The molecule has 0 aliphatic carbocycles. The van der Waals surface area contributed by atoms with E-state index in [4.69, 9.17) is 15.3 Å². The van der Waals surface area contributed by atoms with Crippen molar-refractivity contribution in [3.8, 4) is 0 Å². The molecule has 0 aromatic heterocycles. The van der Waals surface area contributed by atoms with Gasteiger partial charge in [0.2, 0.25) is 5.79 Å². The predicted octanol–water partition coefficient (Wildman–Crippen LogP) is 2.13. The fraction of sp³-hybridized carbons (Fsp3) is 0.938. The van der Waals surface area contributed by atoms with E-state index in [1.54, 1.807) is 0 Å². The Morgan fingerprint density at radius 3 is 1.45 bits per heavy atom. The summed E-state index contributed by atoms with van der Waals surface area (Å²) in [6, 6.07) is 0. The molecule has 0 aromatic rings. The van der Waals surface area contributed by atoms with Crippen molar-refractivity contribution in [3.05, 3.63) is 0 Å². The lowest BCUT2D eigenvalue weighted by molar-refractivity contribution is -0.346. The molecule has 6 nitrogen and oxygen atoms in total. The van der Waals surface area contributed by atoms with Gasteiger partial charge in [0.05, 0.1) is 0 Å². The van der Waals surface area contributed by atoms with Crippen LogP contribution in [0.15, 0.2) is 0 Å². The van der Waals surface area contributed by atoms with E-state index in [1.807, 2.05) is 0 Å². The van der Waals surface area contributed by atoms with Crippen molar-refractivity contribution in [1.29, 1.82) is 0 Å². The van der Waals surface area contributed by atoms with Crippen LogP contribution in [-0.4, -0.2) is 43.1 Å². The van der Waals surface area contributed by atoms with Crippen LogP contribution >= 0.6 is 0 Å². The standard InChI is InChI=1S/C16H32O6/c1-2-3-4-5-6-7-8-9-10-11-12-13-15(19,20)16(21,22)14(17)18/h19-22H,2-13H2,1H3,(H,17,18). The van der Waals surface area contributed by atoms with Crippen molar-refractivity contribution in [2.45, 2.75) is 95.5 Å². The van der Waals surface area contributed by atoms with Crippen LogP contribution < -0.4 is 0 Å². The summed E-state index contributed by atoms with van der Waals surface area (Å²) in [5.41, 5.74) is 0. The third-order valence-electron chi connectivity index (χ3n) is 3.99. The minimum absolute atomic E-state index is 0.333. The van der Waals surface area contributed by atoms with E-state index in [-0.39, 0.29) is 6.42 Å². The Morgan fingerprint density at radius 2 is 1.09 bits per heavy atom. The molecule has 0 radical (unpaired) electrons. The molecule has 0 aliphatic heterocycles. The summed E-state index contributed by atoms with van der Waals surface area (Å²) in [5.74, 6) is -8.63. The summed E-state index contributed by atoms with van der Waals surface area (Å²) in [4.78, 5) is 10.5. The first-order chi connectivity index (χ1) is 10.3. The first-order valence-corrected chi connectivity index (χ1v) is 8.38. The van der Waals surface area contributed by atoms with Crippen LogP contribution in [0.2, 0.25) is 0 Å². The van der Waals surface area contributed by atoms with Gasteiger partial charge in [-0.15, -0.1) is 0 Å². The molecule has 0 atom stereocenters. The van der Waals surface area contributed by atoms with Crippen LogP contribution in [0.1, 0.15) is 84.0 Å². The topological polar surface area (TPSA) is 118 Å². The summed E-state index contributed by atoms with van der Waals surface area (Å²) in [6.07, 6.45) is 11.4. The largest absolute Gasteiger partial charge is 0.477 e. The van der Waals surface area contributed by atoms with E-state index in [0.29, 0.717) is 12.8 Å². The second kappa shape index (κ2) is 10.9. The van der Waals surface area contributed by atoms with Gasteiger partial charge in [-0.3, -0.25) is 0 Å². The molecule has 0 heterocycles. The summed E-state index contributed by atoms with van der Waals surface area (Å²) < 4.78 is 0. The quantitative estimate of drug-likeness (QED) is 0.247. The molecular formula is C16H32O6. The molecule has 0 aromatic carbocycles. The SMILES string of the molecule is CCCCCCCCCCCCCC(O)(O)C(O)(O)C(=O)O. The summed E-state index contributed by atoms with van der Waals surface area (Å²) >= 11 is 0. The fourth-order valence-electron chi connectivity index (χ4n) is 2.38. The Labute approximate surface area is 132 Å². The Hall–Kier alpha value is -0.690. The Balaban J connectivity index is 3.59. The Morgan fingerprint density at radius 1 is 0.727 bits per heavy atom. The van der Waals surface area contributed by atoms with Gasteiger partial charge in [0.15, 0.2) is 0 Å². The van der Waals surface area contributed by atoms with Crippen LogP contribution in [0.5, 0.6) is 0 Å². The van der Waals surface area contributed by atoms with Gasteiger partial charge in [0.1, 0.15) is 0 Å². The van der Waals surface area contributed by atoms with E-state index in [9.17, 15) is 15.0 Å². The van der Waals surface area contributed by atoms with Crippen LogP contribution in [0, 0.1) is 0 Å². The molecule has 0 spiro atoms. The highest BCUT2D eigenvalue weighted by atomic mass is 16.6. The molecular weight excluding hydrogens is 288 g/mol. The van der Waals surface area contributed by atoms with Crippen molar-refractivity contribution < 1.29 is 30.3 Å². The van der Waals surface area contributed by atoms with Gasteiger partial charge in [0.25, 0.3) is 0 Å². The third kappa shape index (κ3) is 8.08. The third-order valence-corrected chi connectivity index (χ3v) is 3.99. The zero-order valence-corrected chi connectivity index (χ0v) is 13.6. The van der Waals surface area contributed by atoms with Crippen molar-refractivity contribution in [1.82, 2.24) is 0 Å². The molecule has 0 amide bonds. The first kappa shape index (κ1) is 21.3. The van der Waals surface area contributed by atoms with Gasteiger partial charge in [0, 0.05) is 6.42 Å². The number of unbranched alkanes of at least 4 members (excludes halogenated alkanes) is 10. The molecule has 132 valence electrons. The average molecular weight is 320 g/mol. The average Bonchev–Trinajstić information content (AvgIpc) is 2.44. The molecule has 0 rings (SSSR count). The number of rotatable bonds is 14. The number of hydrogen-bond acceptors (Lipinski definition) is 5. The number of carboxylic acid groups (broad SMARTS) is 1. The zero-order chi connectivity index (χ0) is 17.1. The van der Waals surface area contributed by atoms with E-state index in [2.05, 4.69) is 6.92 Å². The number of hydrogen-bond donors (Lipinski definition) is 5. The molecule has 22 heavy (non-hydrogen) atoms. The number of aliphatic carboxylic acids is 1. The molecule has 0 saturated heterocycles. The lowest BCUT2D eigenvalue weighted by atomic mass is 9.98. The van der Waals surface area contributed by atoms with Gasteiger partial charge < -0.3 is 25.5 Å². The summed E-state index contributed by atoms with van der Waals surface area (Å²) in [7, 11) is 0. The maximum Gasteiger partial charge on any atom is 0.370 e. The number of carbonyl (C=O) groups is 1. The first-order valence-electron chi connectivity index (χ1n) is 8.38. The maximum atomic E-state index is 10.5. The summed E-state index contributed by atoms with van der Waals surface area (Å²) in [6.45, 7) is 2.20. The van der Waals surface area contributed by atoms with Crippen LogP contribution in [-0.2, 0) is 4.79 Å². The van der Waals surface area contributed by atoms with Crippen molar-refractivity contribution >= 4 is 5.97 Å². The predicted molar refractivity (Wildman–Crippen MR) is 83.1 cm³/mol. The molecule has 0 aliphatic rings. The lowest BCUT2D eigenvalue weighted by Gasteiger charge is -2.31.